The summed E-state index contributed by atoms with van der Waals surface area (Å²) in [6.07, 6.45) is 0. The molecule has 2 aromatic carbocycles. The van der Waals surface area contributed by atoms with E-state index >= 15 is 0 Å². The molecule has 5 nitrogen and oxygen atoms in total. The van der Waals surface area contributed by atoms with Crippen LogP contribution in [-0.4, -0.2) is 24.6 Å². The van der Waals surface area contributed by atoms with Crippen LogP contribution < -0.4 is 24.8 Å². The fourth-order valence-corrected chi connectivity index (χ4v) is 2.75. The lowest BCUT2D eigenvalue weighted by Crippen LogP contribution is -2.39. The molecule has 0 bridgehead atoms. The van der Waals surface area contributed by atoms with Gasteiger partial charge in [0.15, 0.2) is 16.6 Å². The second-order valence-electron chi connectivity index (χ2n) is 6.12. The molecule has 3 rings (SSSR count). The molecule has 2 N–H and O–H groups in total. The number of aryl methyl sites for hydroxylation is 2. The zero-order chi connectivity index (χ0) is 17.8. The molecular formula is C19H22N2O3S. The summed E-state index contributed by atoms with van der Waals surface area (Å²) >= 11 is 5.36. The summed E-state index contributed by atoms with van der Waals surface area (Å²) < 4.78 is 16.5. The van der Waals surface area contributed by atoms with Gasteiger partial charge in [-0.15, -0.1) is 0 Å². The summed E-state index contributed by atoms with van der Waals surface area (Å²) in [5.74, 6) is 2.34. The van der Waals surface area contributed by atoms with Gasteiger partial charge in [-0.05, 0) is 68.4 Å². The Kier molecular flexibility index (Phi) is 5.28. The van der Waals surface area contributed by atoms with Gasteiger partial charge in [-0.3, -0.25) is 0 Å². The number of nitrogens with one attached hydrogen (secondary N) is 2. The fourth-order valence-electron chi connectivity index (χ4n) is 2.43. The Balaban J connectivity index is 1.48. The predicted molar refractivity (Wildman–Crippen MR) is 103 cm³/mol. The van der Waals surface area contributed by atoms with E-state index in [4.69, 9.17) is 26.4 Å². The van der Waals surface area contributed by atoms with Gasteiger partial charge < -0.3 is 24.8 Å². The number of hydrogen-bond donors (Lipinski definition) is 2. The summed E-state index contributed by atoms with van der Waals surface area (Å²) in [7, 11) is 0. The number of benzene rings is 2. The van der Waals surface area contributed by atoms with Crippen molar-refractivity contribution in [3.8, 4) is 17.2 Å². The minimum Gasteiger partial charge on any atom is -0.491 e. The molecule has 0 saturated carbocycles. The van der Waals surface area contributed by atoms with Gasteiger partial charge in [-0.2, -0.15) is 0 Å². The van der Waals surface area contributed by atoms with Crippen LogP contribution in [0.15, 0.2) is 36.4 Å². The fraction of sp³-hybridized carbons (Fsp3) is 0.316. The summed E-state index contributed by atoms with van der Waals surface area (Å²) in [6.45, 7) is 6.96. The van der Waals surface area contributed by atoms with Crippen LogP contribution in [0.5, 0.6) is 17.2 Å². The Morgan fingerprint density at radius 1 is 1.12 bits per heavy atom. The molecule has 0 amide bonds. The number of ether oxygens (including phenoxy) is 3. The molecule has 0 unspecified atom stereocenters. The molecule has 1 aliphatic rings. The summed E-state index contributed by atoms with van der Waals surface area (Å²) in [6, 6.07) is 11.8. The molecular weight excluding hydrogens is 336 g/mol. The Morgan fingerprint density at radius 3 is 2.72 bits per heavy atom. The molecule has 1 aliphatic heterocycles. The molecule has 25 heavy (non-hydrogen) atoms. The second kappa shape index (κ2) is 7.61. The van der Waals surface area contributed by atoms with Crippen LogP contribution in [0.1, 0.15) is 18.1 Å². The van der Waals surface area contributed by atoms with Crippen molar-refractivity contribution in [3.05, 3.63) is 47.5 Å². The van der Waals surface area contributed by atoms with Crippen molar-refractivity contribution in [1.82, 2.24) is 5.32 Å². The zero-order valence-corrected chi connectivity index (χ0v) is 15.4. The Bertz CT molecular complexity index is 779. The minimum atomic E-state index is 0.0654. The predicted octanol–water partition coefficient (Wildman–Crippen LogP) is 3.79. The first-order valence-electron chi connectivity index (χ1n) is 8.18. The summed E-state index contributed by atoms with van der Waals surface area (Å²) in [5, 5.41) is 6.90. The van der Waals surface area contributed by atoms with Gasteiger partial charge in [-0.1, -0.05) is 6.07 Å². The van der Waals surface area contributed by atoms with Crippen molar-refractivity contribution < 1.29 is 14.2 Å². The normalized spacial score (nSPS) is 13.2. The molecule has 1 atom stereocenters. The number of rotatable bonds is 5. The van der Waals surface area contributed by atoms with E-state index in [0.717, 1.165) is 22.9 Å². The highest BCUT2D eigenvalue weighted by Crippen LogP contribution is 2.34. The Morgan fingerprint density at radius 2 is 1.92 bits per heavy atom. The maximum Gasteiger partial charge on any atom is 0.231 e. The Hall–Kier alpha value is -2.47. The van der Waals surface area contributed by atoms with E-state index in [9.17, 15) is 0 Å². The topological polar surface area (TPSA) is 51.8 Å². The molecule has 6 heteroatoms. The van der Waals surface area contributed by atoms with Gasteiger partial charge in [0.05, 0.1) is 6.04 Å². The number of anilines is 1. The number of fused-ring (bicyclic) bond motifs is 1. The zero-order valence-electron chi connectivity index (χ0n) is 14.6. The molecule has 0 aromatic heterocycles. The van der Waals surface area contributed by atoms with E-state index in [1.807, 2.05) is 37.3 Å². The van der Waals surface area contributed by atoms with Crippen LogP contribution in [0.2, 0.25) is 0 Å². The lowest BCUT2D eigenvalue weighted by atomic mass is 10.1. The first-order chi connectivity index (χ1) is 12.0. The third kappa shape index (κ3) is 4.54. The lowest BCUT2D eigenvalue weighted by Gasteiger charge is -2.18. The SMILES string of the molecule is Cc1ccc(OC[C@@H](C)NC(=S)Nc2ccc3c(c2)OCO3)cc1C. The van der Waals surface area contributed by atoms with E-state index < -0.39 is 0 Å². The maximum atomic E-state index is 5.83. The average Bonchev–Trinajstić information content (AvgIpc) is 3.03. The quantitative estimate of drug-likeness (QED) is 0.793. The molecule has 0 radical (unpaired) electrons. The van der Waals surface area contributed by atoms with E-state index in [1.165, 1.54) is 11.1 Å². The van der Waals surface area contributed by atoms with Gasteiger partial charge >= 0.3 is 0 Å². The second-order valence-corrected chi connectivity index (χ2v) is 6.53. The molecule has 0 fully saturated rings. The Labute approximate surface area is 153 Å². The van der Waals surface area contributed by atoms with Crippen molar-refractivity contribution in [1.29, 1.82) is 0 Å². The summed E-state index contributed by atoms with van der Waals surface area (Å²) in [4.78, 5) is 0. The first kappa shape index (κ1) is 17.4. The van der Waals surface area contributed by atoms with Crippen molar-refractivity contribution in [2.24, 2.45) is 0 Å². The van der Waals surface area contributed by atoms with Crippen LogP contribution >= 0.6 is 12.2 Å². The van der Waals surface area contributed by atoms with E-state index in [-0.39, 0.29) is 12.8 Å². The van der Waals surface area contributed by atoms with Crippen LogP contribution in [0, 0.1) is 13.8 Å². The average molecular weight is 358 g/mol. The molecule has 1 heterocycles. The highest BCUT2D eigenvalue weighted by molar-refractivity contribution is 7.80. The minimum absolute atomic E-state index is 0.0654. The van der Waals surface area contributed by atoms with Crippen LogP contribution in [0.25, 0.3) is 0 Å². The monoisotopic (exact) mass is 358 g/mol. The largest absolute Gasteiger partial charge is 0.491 e. The smallest absolute Gasteiger partial charge is 0.231 e. The van der Waals surface area contributed by atoms with Gasteiger partial charge in [0.2, 0.25) is 6.79 Å². The third-order valence-electron chi connectivity index (χ3n) is 3.99. The van der Waals surface area contributed by atoms with Gasteiger partial charge in [0, 0.05) is 11.8 Å². The van der Waals surface area contributed by atoms with Gasteiger partial charge in [-0.25, -0.2) is 0 Å². The standard InChI is InChI=1S/C19H22N2O3S/c1-12-4-6-16(8-13(12)2)22-10-14(3)20-19(25)21-15-5-7-17-18(9-15)24-11-23-17/h4-9,14H,10-11H2,1-3H3,(H2,20,21,25)/t14-/m1/s1. The van der Waals surface area contributed by atoms with Crippen LogP contribution in [-0.2, 0) is 0 Å². The molecule has 0 saturated heterocycles. The third-order valence-corrected chi connectivity index (χ3v) is 4.21. The van der Waals surface area contributed by atoms with Crippen LogP contribution in [0.4, 0.5) is 5.69 Å². The van der Waals surface area contributed by atoms with Crippen molar-refractivity contribution in [2.45, 2.75) is 26.8 Å². The van der Waals surface area contributed by atoms with Crippen molar-refractivity contribution in [3.63, 3.8) is 0 Å². The van der Waals surface area contributed by atoms with Crippen molar-refractivity contribution >= 4 is 23.0 Å². The highest BCUT2D eigenvalue weighted by atomic mass is 32.1. The molecule has 2 aromatic rings. The number of thiocarbonyl (C=S) groups is 1. The summed E-state index contributed by atoms with van der Waals surface area (Å²) in [5.41, 5.74) is 3.33. The molecule has 132 valence electrons. The first-order valence-corrected chi connectivity index (χ1v) is 8.59. The van der Waals surface area contributed by atoms with Gasteiger partial charge in [0.1, 0.15) is 12.4 Å². The lowest BCUT2D eigenvalue weighted by molar-refractivity contribution is 0.174. The molecule has 0 aliphatic carbocycles. The highest BCUT2D eigenvalue weighted by Gasteiger charge is 2.14. The van der Waals surface area contributed by atoms with E-state index in [1.54, 1.807) is 0 Å². The maximum absolute atomic E-state index is 5.83. The van der Waals surface area contributed by atoms with Crippen LogP contribution in [0.3, 0.4) is 0 Å². The van der Waals surface area contributed by atoms with E-state index in [2.05, 4.69) is 30.5 Å². The van der Waals surface area contributed by atoms with Crippen molar-refractivity contribution in [2.75, 3.05) is 18.7 Å². The van der Waals surface area contributed by atoms with E-state index in [0.29, 0.717) is 11.7 Å². The molecule has 0 spiro atoms. The number of hydrogen-bond acceptors (Lipinski definition) is 4. The van der Waals surface area contributed by atoms with Gasteiger partial charge in [0.25, 0.3) is 0 Å².